The van der Waals surface area contributed by atoms with Crippen LogP contribution in [0.4, 0.5) is 0 Å². The quantitative estimate of drug-likeness (QED) is 0.690. The summed E-state index contributed by atoms with van der Waals surface area (Å²) >= 11 is 0. The smallest absolute Gasteiger partial charge is 0.0207 e. The molecule has 1 aliphatic carbocycles. The maximum Gasteiger partial charge on any atom is 0.0207 e. The molecule has 0 unspecified atom stereocenters. The Bertz CT molecular complexity index is 253. The summed E-state index contributed by atoms with van der Waals surface area (Å²) in [6.07, 6.45) is 11.9. The van der Waals surface area contributed by atoms with Crippen molar-refractivity contribution in [2.45, 2.75) is 57.3 Å². The highest BCUT2D eigenvalue weighted by molar-refractivity contribution is 5.16. The summed E-state index contributed by atoms with van der Waals surface area (Å²) in [7, 11) is 0. The van der Waals surface area contributed by atoms with Crippen LogP contribution in [-0.4, -0.2) is 4.98 Å². The summed E-state index contributed by atoms with van der Waals surface area (Å²) in [4.78, 5) is 3.40. The van der Waals surface area contributed by atoms with Crippen LogP contribution in [0.3, 0.4) is 0 Å². The minimum atomic E-state index is 0.421. The van der Waals surface area contributed by atoms with E-state index in [0.717, 1.165) is 0 Å². The van der Waals surface area contributed by atoms with Gasteiger partial charge in [-0.2, -0.15) is 0 Å². The summed E-state index contributed by atoms with van der Waals surface area (Å²) in [5, 5.41) is 0. The zero-order chi connectivity index (χ0) is 9.86. The Labute approximate surface area is 86.9 Å². The number of hydrogen-bond acceptors (Lipinski definition) is 0. The molecule has 0 amide bonds. The lowest BCUT2D eigenvalue weighted by atomic mass is 9.75. The van der Waals surface area contributed by atoms with Crippen LogP contribution >= 0.6 is 0 Å². The SMILES string of the molecule is CC1(c2ccc[nH]2)CCCCCCC1. The molecule has 1 N–H and O–H groups in total. The molecule has 1 saturated carbocycles. The zero-order valence-electron chi connectivity index (χ0n) is 9.18. The first-order valence-electron chi connectivity index (χ1n) is 5.95. The van der Waals surface area contributed by atoms with E-state index in [4.69, 9.17) is 0 Å². The highest BCUT2D eigenvalue weighted by Crippen LogP contribution is 2.35. The van der Waals surface area contributed by atoms with Gasteiger partial charge in [-0.05, 0) is 25.0 Å². The molecule has 0 spiro atoms. The van der Waals surface area contributed by atoms with Crippen molar-refractivity contribution in [1.29, 1.82) is 0 Å². The van der Waals surface area contributed by atoms with Crippen molar-refractivity contribution in [2.24, 2.45) is 0 Å². The van der Waals surface area contributed by atoms with Crippen molar-refractivity contribution in [3.8, 4) is 0 Å². The van der Waals surface area contributed by atoms with E-state index in [1.165, 1.54) is 50.6 Å². The largest absolute Gasteiger partial charge is 0.365 e. The van der Waals surface area contributed by atoms with Crippen LogP contribution in [0.5, 0.6) is 0 Å². The normalized spacial score (nSPS) is 22.6. The van der Waals surface area contributed by atoms with Gasteiger partial charge in [0.2, 0.25) is 0 Å². The Kier molecular flexibility index (Phi) is 2.95. The molecule has 1 nitrogen and oxygen atoms in total. The van der Waals surface area contributed by atoms with Crippen LogP contribution in [-0.2, 0) is 5.41 Å². The lowest BCUT2D eigenvalue weighted by Crippen LogP contribution is -2.23. The molecule has 1 fully saturated rings. The molecule has 0 atom stereocenters. The van der Waals surface area contributed by atoms with Crippen molar-refractivity contribution in [3.63, 3.8) is 0 Å². The average molecular weight is 191 g/mol. The van der Waals surface area contributed by atoms with Crippen molar-refractivity contribution < 1.29 is 0 Å². The van der Waals surface area contributed by atoms with E-state index in [1.54, 1.807) is 0 Å². The number of hydrogen-bond donors (Lipinski definition) is 1. The van der Waals surface area contributed by atoms with Crippen molar-refractivity contribution in [3.05, 3.63) is 24.0 Å². The Hall–Kier alpha value is -0.720. The van der Waals surface area contributed by atoms with E-state index in [2.05, 4.69) is 30.2 Å². The van der Waals surface area contributed by atoms with Gasteiger partial charge in [-0.1, -0.05) is 39.0 Å². The summed E-state index contributed by atoms with van der Waals surface area (Å²) in [6, 6.07) is 4.38. The molecule has 2 rings (SSSR count). The minimum Gasteiger partial charge on any atom is -0.365 e. The standard InChI is InChI=1S/C13H21N/c1-13(12-8-7-11-14-12)9-5-3-2-4-6-10-13/h7-8,11,14H,2-6,9-10H2,1H3. The van der Waals surface area contributed by atoms with E-state index in [0.29, 0.717) is 5.41 Å². The molecule has 0 aromatic carbocycles. The van der Waals surface area contributed by atoms with Crippen LogP contribution in [0.25, 0.3) is 0 Å². The van der Waals surface area contributed by atoms with E-state index in [-0.39, 0.29) is 0 Å². The van der Waals surface area contributed by atoms with E-state index >= 15 is 0 Å². The van der Waals surface area contributed by atoms with Gasteiger partial charge in [0, 0.05) is 17.3 Å². The minimum absolute atomic E-state index is 0.421. The predicted octanol–water partition coefficient (Wildman–Crippen LogP) is 4.02. The first kappa shape index (κ1) is 9.82. The van der Waals surface area contributed by atoms with Crippen LogP contribution in [0.1, 0.15) is 57.6 Å². The van der Waals surface area contributed by atoms with E-state index in [1.807, 2.05) is 0 Å². The molecule has 0 saturated heterocycles. The fourth-order valence-corrected chi connectivity index (χ4v) is 2.66. The van der Waals surface area contributed by atoms with Gasteiger partial charge in [-0.3, -0.25) is 0 Å². The Morgan fingerprint density at radius 2 is 1.71 bits per heavy atom. The number of rotatable bonds is 1. The molecule has 1 aromatic heterocycles. The summed E-state index contributed by atoms with van der Waals surface area (Å²) < 4.78 is 0. The molecular weight excluding hydrogens is 170 g/mol. The molecular formula is C13H21N. The second-order valence-corrected chi connectivity index (χ2v) is 4.91. The average Bonchev–Trinajstić information content (AvgIpc) is 2.65. The second-order valence-electron chi connectivity index (χ2n) is 4.91. The molecule has 1 aliphatic rings. The maximum absolute atomic E-state index is 3.40. The summed E-state index contributed by atoms with van der Waals surface area (Å²) in [6.45, 7) is 2.42. The van der Waals surface area contributed by atoms with Gasteiger partial charge in [0.25, 0.3) is 0 Å². The third-order valence-electron chi connectivity index (χ3n) is 3.71. The topological polar surface area (TPSA) is 15.8 Å². The van der Waals surface area contributed by atoms with Gasteiger partial charge >= 0.3 is 0 Å². The Balaban J connectivity index is 2.11. The fourth-order valence-electron chi connectivity index (χ4n) is 2.66. The van der Waals surface area contributed by atoms with E-state index < -0.39 is 0 Å². The van der Waals surface area contributed by atoms with Crippen molar-refractivity contribution in [1.82, 2.24) is 4.98 Å². The van der Waals surface area contributed by atoms with Gasteiger partial charge < -0.3 is 4.98 Å². The fraction of sp³-hybridized carbons (Fsp3) is 0.692. The van der Waals surface area contributed by atoms with Gasteiger partial charge in [0.05, 0.1) is 0 Å². The molecule has 0 bridgehead atoms. The second kappa shape index (κ2) is 4.20. The molecule has 0 radical (unpaired) electrons. The van der Waals surface area contributed by atoms with Crippen LogP contribution in [0, 0.1) is 0 Å². The maximum atomic E-state index is 3.40. The van der Waals surface area contributed by atoms with Crippen molar-refractivity contribution in [2.75, 3.05) is 0 Å². The van der Waals surface area contributed by atoms with Gasteiger partial charge in [-0.15, -0.1) is 0 Å². The van der Waals surface area contributed by atoms with Gasteiger partial charge in [0.15, 0.2) is 0 Å². The Morgan fingerprint density at radius 1 is 1.07 bits per heavy atom. The number of nitrogens with one attached hydrogen (secondary N) is 1. The molecule has 0 aliphatic heterocycles. The monoisotopic (exact) mass is 191 g/mol. The van der Waals surface area contributed by atoms with Crippen molar-refractivity contribution >= 4 is 0 Å². The molecule has 1 heterocycles. The first-order valence-corrected chi connectivity index (χ1v) is 5.95. The Morgan fingerprint density at radius 3 is 2.29 bits per heavy atom. The number of H-pyrrole nitrogens is 1. The first-order chi connectivity index (χ1) is 6.81. The third kappa shape index (κ3) is 2.02. The predicted molar refractivity (Wildman–Crippen MR) is 60.5 cm³/mol. The lowest BCUT2D eigenvalue weighted by Gasteiger charge is -2.30. The number of aromatic nitrogens is 1. The summed E-state index contributed by atoms with van der Waals surface area (Å²) in [5.74, 6) is 0. The molecule has 1 heteroatoms. The highest BCUT2D eigenvalue weighted by atomic mass is 14.7. The van der Waals surface area contributed by atoms with Gasteiger partial charge in [0.1, 0.15) is 0 Å². The third-order valence-corrected chi connectivity index (χ3v) is 3.71. The lowest BCUT2D eigenvalue weighted by molar-refractivity contribution is 0.334. The van der Waals surface area contributed by atoms with Crippen LogP contribution in [0.2, 0.25) is 0 Å². The van der Waals surface area contributed by atoms with Crippen LogP contribution in [0.15, 0.2) is 18.3 Å². The molecule has 14 heavy (non-hydrogen) atoms. The highest BCUT2D eigenvalue weighted by Gasteiger charge is 2.27. The number of aromatic amines is 1. The summed E-state index contributed by atoms with van der Waals surface area (Å²) in [5.41, 5.74) is 1.86. The van der Waals surface area contributed by atoms with Gasteiger partial charge in [-0.25, -0.2) is 0 Å². The van der Waals surface area contributed by atoms with E-state index in [9.17, 15) is 0 Å². The van der Waals surface area contributed by atoms with Crippen LogP contribution < -0.4 is 0 Å². The molecule has 78 valence electrons. The zero-order valence-corrected chi connectivity index (χ0v) is 9.18. The molecule has 1 aromatic rings.